The Labute approximate surface area is 172 Å². The summed E-state index contributed by atoms with van der Waals surface area (Å²) in [7, 11) is 2.78. The van der Waals surface area contributed by atoms with Gasteiger partial charge in [-0.3, -0.25) is 9.59 Å². The minimum Gasteiger partial charge on any atom is -0.508 e. The van der Waals surface area contributed by atoms with Crippen molar-refractivity contribution in [1.29, 1.82) is 0 Å². The lowest BCUT2D eigenvalue weighted by Crippen LogP contribution is -2.17. The molecular weight excluding hydrogens is 388 g/mol. The van der Waals surface area contributed by atoms with Crippen molar-refractivity contribution in [2.75, 3.05) is 24.9 Å². The van der Waals surface area contributed by atoms with Crippen LogP contribution in [0, 0.1) is 0 Å². The van der Waals surface area contributed by atoms with Crippen LogP contribution >= 0.6 is 0 Å². The van der Waals surface area contributed by atoms with E-state index in [0.29, 0.717) is 11.4 Å². The van der Waals surface area contributed by atoms with Gasteiger partial charge in [0.1, 0.15) is 23.0 Å². The molecule has 0 aromatic heterocycles. The summed E-state index contributed by atoms with van der Waals surface area (Å²) in [6.07, 6.45) is 0. The lowest BCUT2D eigenvalue weighted by Gasteiger charge is -2.15. The number of phenols is 2. The minimum atomic E-state index is -0.471. The van der Waals surface area contributed by atoms with Crippen molar-refractivity contribution >= 4 is 23.2 Å². The van der Waals surface area contributed by atoms with Gasteiger partial charge in [0.2, 0.25) is 0 Å². The summed E-state index contributed by atoms with van der Waals surface area (Å²) in [5.74, 6) is -0.416. The number of hydrogen-bond acceptors (Lipinski definition) is 6. The zero-order valence-corrected chi connectivity index (χ0v) is 16.3. The highest BCUT2D eigenvalue weighted by molar-refractivity contribution is 6.10. The monoisotopic (exact) mass is 408 g/mol. The van der Waals surface area contributed by atoms with Crippen molar-refractivity contribution in [3.05, 3.63) is 71.8 Å². The third kappa shape index (κ3) is 4.61. The molecule has 0 aliphatic heterocycles. The molecule has 0 heterocycles. The maximum absolute atomic E-state index is 12.7. The molecule has 0 aliphatic rings. The van der Waals surface area contributed by atoms with Crippen LogP contribution in [0.2, 0.25) is 0 Å². The molecule has 4 N–H and O–H groups in total. The molecule has 0 spiro atoms. The van der Waals surface area contributed by atoms with Crippen LogP contribution in [-0.4, -0.2) is 36.2 Å². The number of hydrogen-bond donors (Lipinski definition) is 4. The number of benzene rings is 3. The Morgan fingerprint density at radius 2 is 1.00 bits per heavy atom. The van der Waals surface area contributed by atoms with Crippen LogP contribution in [0.5, 0.6) is 23.0 Å². The van der Waals surface area contributed by atoms with Crippen LogP contribution < -0.4 is 20.1 Å². The van der Waals surface area contributed by atoms with E-state index in [4.69, 9.17) is 9.47 Å². The predicted molar refractivity (Wildman–Crippen MR) is 112 cm³/mol. The van der Waals surface area contributed by atoms with Crippen LogP contribution in [0.15, 0.2) is 60.7 Å². The van der Waals surface area contributed by atoms with E-state index < -0.39 is 11.8 Å². The van der Waals surface area contributed by atoms with Gasteiger partial charge in [-0.25, -0.2) is 0 Å². The summed E-state index contributed by atoms with van der Waals surface area (Å²) in [5.41, 5.74) is 1.30. The van der Waals surface area contributed by atoms with E-state index in [1.165, 1.54) is 50.6 Å². The van der Waals surface area contributed by atoms with Crippen LogP contribution in [-0.2, 0) is 0 Å². The number of methoxy groups -OCH3 is 2. The molecule has 2 amide bonds. The van der Waals surface area contributed by atoms with Gasteiger partial charge in [0.05, 0.1) is 25.3 Å². The molecular formula is C22H20N2O6. The summed E-state index contributed by atoms with van der Waals surface area (Å²) in [4.78, 5) is 25.4. The van der Waals surface area contributed by atoms with Crippen LogP contribution in [0.1, 0.15) is 20.7 Å². The number of anilines is 2. The van der Waals surface area contributed by atoms with Gasteiger partial charge in [-0.1, -0.05) is 0 Å². The molecule has 3 rings (SSSR count). The van der Waals surface area contributed by atoms with E-state index >= 15 is 0 Å². The van der Waals surface area contributed by atoms with Gasteiger partial charge in [0.25, 0.3) is 11.8 Å². The Bertz CT molecular complexity index is 975. The van der Waals surface area contributed by atoms with Gasteiger partial charge in [-0.15, -0.1) is 0 Å². The first-order valence-electron chi connectivity index (χ1n) is 8.88. The van der Waals surface area contributed by atoms with Crippen molar-refractivity contribution in [3.8, 4) is 23.0 Å². The summed E-state index contributed by atoms with van der Waals surface area (Å²) in [5, 5.41) is 24.1. The standard InChI is InChI=1S/C22H20N2O6/c1-29-19-11-18(22(28)24-14-5-9-16(26)10-6-14)20(30-2)12-17(19)21(27)23-13-3-7-15(25)8-4-13/h3-12,25-26H,1-2H3,(H,23,27)(H,24,28). The molecule has 8 heteroatoms. The topological polar surface area (TPSA) is 117 Å². The zero-order chi connectivity index (χ0) is 21.7. The van der Waals surface area contributed by atoms with Crippen LogP contribution in [0.4, 0.5) is 11.4 Å². The molecule has 30 heavy (non-hydrogen) atoms. The van der Waals surface area contributed by atoms with Crippen LogP contribution in [0.3, 0.4) is 0 Å². The molecule has 0 atom stereocenters. The van der Waals surface area contributed by atoms with E-state index in [9.17, 15) is 19.8 Å². The third-order valence-corrected chi connectivity index (χ3v) is 4.26. The normalized spacial score (nSPS) is 10.2. The van der Waals surface area contributed by atoms with Gasteiger partial charge in [0, 0.05) is 11.4 Å². The smallest absolute Gasteiger partial charge is 0.259 e. The average Bonchev–Trinajstić information content (AvgIpc) is 2.75. The van der Waals surface area contributed by atoms with Gasteiger partial charge in [0.15, 0.2) is 0 Å². The highest BCUT2D eigenvalue weighted by Crippen LogP contribution is 2.30. The molecule has 0 saturated carbocycles. The fourth-order valence-electron chi connectivity index (χ4n) is 2.74. The van der Waals surface area contributed by atoms with Gasteiger partial charge in [-0.2, -0.15) is 0 Å². The number of rotatable bonds is 6. The molecule has 3 aromatic carbocycles. The number of nitrogens with one attached hydrogen (secondary N) is 2. The lowest BCUT2D eigenvalue weighted by molar-refractivity contribution is 0.101. The number of amides is 2. The Morgan fingerprint density at radius 1 is 0.667 bits per heavy atom. The van der Waals surface area contributed by atoms with E-state index in [2.05, 4.69) is 10.6 Å². The van der Waals surface area contributed by atoms with E-state index in [-0.39, 0.29) is 34.1 Å². The van der Waals surface area contributed by atoms with Crippen molar-refractivity contribution in [2.24, 2.45) is 0 Å². The number of ether oxygens (including phenoxy) is 2. The molecule has 3 aromatic rings. The molecule has 0 radical (unpaired) electrons. The van der Waals surface area contributed by atoms with E-state index in [0.717, 1.165) is 0 Å². The average molecular weight is 408 g/mol. The first-order chi connectivity index (χ1) is 14.4. The second-order valence-corrected chi connectivity index (χ2v) is 6.25. The second kappa shape index (κ2) is 8.87. The molecule has 0 unspecified atom stereocenters. The zero-order valence-electron chi connectivity index (χ0n) is 16.3. The fourth-order valence-corrected chi connectivity index (χ4v) is 2.74. The van der Waals surface area contributed by atoms with Gasteiger partial charge < -0.3 is 30.3 Å². The summed E-state index contributed by atoms with van der Waals surface area (Å²) in [6.45, 7) is 0. The number of carbonyl (C=O) groups is 2. The maximum Gasteiger partial charge on any atom is 0.259 e. The number of carbonyl (C=O) groups excluding carboxylic acids is 2. The van der Waals surface area contributed by atoms with Crippen LogP contribution in [0.25, 0.3) is 0 Å². The summed E-state index contributed by atoms with van der Waals surface area (Å²) >= 11 is 0. The predicted octanol–water partition coefficient (Wildman–Crippen LogP) is 3.62. The van der Waals surface area contributed by atoms with E-state index in [1.807, 2.05) is 0 Å². The SMILES string of the molecule is COc1cc(C(=O)Nc2ccc(O)cc2)c(OC)cc1C(=O)Nc1ccc(O)cc1. The summed E-state index contributed by atoms with van der Waals surface area (Å²) < 4.78 is 10.6. The molecule has 0 fully saturated rings. The van der Waals surface area contributed by atoms with Crippen molar-refractivity contribution in [1.82, 2.24) is 0 Å². The fraction of sp³-hybridized carbons (Fsp3) is 0.0909. The van der Waals surface area contributed by atoms with Gasteiger partial charge in [-0.05, 0) is 60.7 Å². The van der Waals surface area contributed by atoms with E-state index in [1.54, 1.807) is 24.3 Å². The first-order valence-corrected chi connectivity index (χ1v) is 8.88. The number of aromatic hydroxyl groups is 2. The molecule has 0 bridgehead atoms. The molecule has 8 nitrogen and oxygen atoms in total. The number of phenolic OH excluding ortho intramolecular Hbond substituents is 2. The van der Waals surface area contributed by atoms with Crippen molar-refractivity contribution in [3.63, 3.8) is 0 Å². The largest absolute Gasteiger partial charge is 0.508 e. The Balaban J connectivity index is 1.89. The van der Waals surface area contributed by atoms with Crippen molar-refractivity contribution in [2.45, 2.75) is 0 Å². The summed E-state index contributed by atoms with van der Waals surface area (Å²) in [6, 6.07) is 14.8. The quantitative estimate of drug-likeness (QED) is 0.463. The second-order valence-electron chi connectivity index (χ2n) is 6.25. The minimum absolute atomic E-state index is 0.0799. The first kappa shape index (κ1) is 20.5. The van der Waals surface area contributed by atoms with Crippen molar-refractivity contribution < 1.29 is 29.3 Å². The van der Waals surface area contributed by atoms with Gasteiger partial charge >= 0.3 is 0 Å². The maximum atomic E-state index is 12.7. The third-order valence-electron chi connectivity index (χ3n) is 4.26. The molecule has 0 aliphatic carbocycles. The Kier molecular flexibility index (Phi) is 6.07. The highest BCUT2D eigenvalue weighted by atomic mass is 16.5. The Hall–Kier alpha value is -4.20. The highest BCUT2D eigenvalue weighted by Gasteiger charge is 2.21. The Morgan fingerprint density at radius 3 is 1.30 bits per heavy atom. The molecule has 0 saturated heterocycles. The lowest BCUT2D eigenvalue weighted by atomic mass is 10.1. The molecule has 154 valence electrons.